The number of nitrogens with zero attached hydrogens (tertiary/aromatic N) is 3. The van der Waals surface area contributed by atoms with E-state index in [-0.39, 0.29) is 11.7 Å². The summed E-state index contributed by atoms with van der Waals surface area (Å²) in [5.41, 5.74) is 7.23. The molecule has 6 heteroatoms. The molecule has 0 atom stereocenters. The molecule has 1 aromatic heterocycles. The van der Waals surface area contributed by atoms with Crippen molar-refractivity contribution in [2.75, 3.05) is 0 Å². The van der Waals surface area contributed by atoms with Crippen molar-refractivity contribution >= 4 is 28.6 Å². The Morgan fingerprint density at radius 1 is 0.952 bits per heavy atom. The maximum atomic E-state index is 13.2. The number of nitrogens with one attached hydrogen (secondary N) is 1. The van der Waals surface area contributed by atoms with Gasteiger partial charge in [0.1, 0.15) is 22.5 Å². The molecule has 0 bridgehead atoms. The Balaban J connectivity index is 1.38. The van der Waals surface area contributed by atoms with Gasteiger partial charge in [-0.2, -0.15) is 0 Å². The number of aromatic nitrogens is 3. The van der Waals surface area contributed by atoms with Gasteiger partial charge in [0.25, 0.3) is 0 Å². The third-order valence-corrected chi connectivity index (χ3v) is 7.35. The minimum Gasteiger partial charge on any atom is -0.505 e. The number of amides is 1. The smallest absolute Gasteiger partial charge is 0.221 e. The summed E-state index contributed by atoms with van der Waals surface area (Å²) in [6, 6.07) is 29.6. The molecule has 0 fully saturated rings. The second-order valence-electron chi connectivity index (χ2n) is 11.2. The fourth-order valence-electron chi connectivity index (χ4n) is 4.96. The van der Waals surface area contributed by atoms with E-state index in [0.717, 1.165) is 44.4 Å². The number of hydrogen-bond acceptors (Lipinski definition) is 4. The minimum absolute atomic E-state index is 0.0520. The van der Waals surface area contributed by atoms with Crippen LogP contribution in [0.4, 0.5) is 0 Å². The number of allylic oxidation sites excluding steroid dienone is 2. The average molecular weight is 557 g/mol. The Kier molecular flexibility index (Phi) is 8.34. The summed E-state index contributed by atoms with van der Waals surface area (Å²) in [6.07, 6.45) is 5.36. The number of phenols is 1. The van der Waals surface area contributed by atoms with Crippen molar-refractivity contribution in [2.45, 2.75) is 45.6 Å². The Morgan fingerprint density at radius 3 is 2.33 bits per heavy atom. The van der Waals surface area contributed by atoms with E-state index in [1.54, 1.807) is 0 Å². The molecule has 0 unspecified atom stereocenters. The molecule has 2 N–H and O–H groups in total. The number of fused-ring (bicyclic) bond motifs is 1. The van der Waals surface area contributed by atoms with Crippen molar-refractivity contribution in [1.82, 2.24) is 20.3 Å². The van der Waals surface area contributed by atoms with Gasteiger partial charge in [-0.05, 0) is 80.1 Å². The fraction of sp³-hybridized carbons (Fsp3) is 0.194. The van der Waals surface area contributed by atoms with Gasteiger partial charge in [0.2, 0.25) is 5.91 Å². The quantitative estimate of drug-likeness (QED) is 0.188. The summed E-state index contributed by atoms with van der Waals surface area (Å²) in [4.78, 5) is 14.6. The van der Waals surface area contributed by atoms with Gasteiger partial charge in [-0.3, -0.25) is 4.79 Å². The van der Waals surface area contributed by atoms with E-state index in [1.807, 2.05) is 118 Å². The number of aromatic hydroxyl groups is 1. The molecule has 5 aromatic rings. The molecule has 5 rings (SSSR count). The standard InChI is InChI=1S/C36H36N4O2/c1-25(2)28-15-11-17-30(24-28)36(3,4)37-34(41)21-20-27-22-29(16-10-14-26-12-6-5-7-13-26)35(42)33(23-27)40-38-31-18-8-9-19-32(31)39-40/h5-15,17-19,22-24,42H,1,16,20-21H2,2-4H3,(H,37,41). The van der Waals surface area contributed by atoms with Crippen molar-refractivity contribution < 1.29 is 9.90 Å². The van der Waals surface area contributed by atoms with E-state index in [9.17, 15) is 9.90 Å². The van der Waals surface area contributed by atoms with Gasteiger partial charge < -0.3 is 10.4 Å². The first-order valence-electron chi connectivity index (χ1n) is 14.2. The van der Waals surface area contributed by atoms with Gasteiger partial charge in [0.15, 0.2) is 0 Å². The highest BCUT2D eigenvalue weighted by atomic mass is 16.3. The van der Waals surface area contributed by atoms with E-state index in [2.05, 4.69) is 28.2 Å². The number of carbonyl (C=O) groups excluding carboxylic acids is 1. The highest BCUT2D eigenvalue weighted by Crippen LogP contribution is 2.30. The Labute approximate surface area is 247 Å². The van der Waals surface area contributed by atoms with Crippen LogP contribution in [0.1, 0.15) is 55.0 Å². The van der Waals surface area contributed by atoms with Gasteiger partial charge in [-0.25, -0.2) is 0 Å². The van der Waals surface area contributed by atoms with E-state index in [4.69, 9.17) is 0 Å². The third kappa shape index (κ3) is 6.66. The lowest BCUT2D eigenvalue weighted by molar-refractivity contribution is -0.122. The lowest BCUT2D eigenvalue weighted by Gasteiger charge is -2.27. The van der Waals surface area contributed by atoms with Crippen molar-refractivity contribution in [2.24, 2.45) is 0 Å². The maximum Gasteiger partial charge on any atom is 0.221 e. The van der Waals surface area contributed by atoms with Crippen molar-refractivity contribution in [3.63, 3.8) is 0 Å². The SMILES string of the molecule is C=C(C)c1cccc(C(C)(C)NC(=O)CCc2cc(CC=Cc3ccccc3)c(O)c(-n3nc4ccccc4n3)c2)c1. The van der Waals surface area contributed by atoms with Crippen LogP contribution in [-0.4, -0.2) is 26.0 Å². The summed E-state index contributed by atoms with van der Waals surface area (Å²) in [5.74, 6) is 0.0728. The number of aryl methyl sites for hydroxylation is 1. The molecule has 1 amide bonds. The predicted molar refractivity (Wildman–Crippen MR) is 170 cm³/mol. The Morgan fingerprint density at radius 2 is 1.64 bits per heavy atom. The molecular weight excluding hydrogens is 520 g/mol. The predicted octanol–water partition coefficient (Wildman–Crippen LogP) is 7.40. The molecule has 0 aliphatic heterocycles. The van der Waals surface area contributed by atoms with Crippen LogP contribution in [0.25, 0.3) is 28.4 Å². The van der Waals surface area contributed by atoms with Crippen molar-refractivity contribution in [3.05, 3.63) is 131 Å². The van der Waals surface area contributed by atoms with Crippen molar-refractivity contribution in [3.8, 4) is 11.4 Å². The van der Waals surface area contributed by atoms with E-state index in [1.165, 1.54) is 4.80 Å². The van der Waals surface area contributed by atoms with Gasteiger partial charge in [-0.15, -0.1) is 15.0 Å². The van der Waals surface area contributed by atoms with Gasteiger partial charge >= 0.3 is 0 Å². The third-order valence-electron chi connectivity index (χ3n) is 7.35. The molecule has 0 radical (unpaired) electrons. The van der Waals surface area contributed by atoms with Gasteiger partial charge in [0.05, 0.1) is 5.54 Å². The zero-order valence-electron chi connectivity index (χ0n) is 24.3. The zero-order valence-corrected chi connectivity index (χ0v) is 24.3. The molecule has 0 aliphatic rings. The summed E-state index contributed by atoms with van der Waals surface area (Å²) < 4.78 is 0. The number of benzene rings is 4. The topological polar surface area (TPSA) is 80.0 Å². The largest absolute Gasteiger partial charge is 0.505 e. The summed E-state index contributed by atoms with van der Waals surface area (Å²) >= 11 is 0. The molecule has 42 heavy (non-hydrogen) atoms. The number of hydrogen-bond donors (Lipinski definition) is 2. The molecule has 0 aliphatic carbocycles. The molecule has 4 aromatic carbocycles. The van der Waals surface area contributed by atoms with Crippen LogP contribution >= 0.6 is 0 Å². The second kappa shape index (κ2) is 12.3. The van der Waals surface area contributed by atoms with E-state index < -0.39 is 5.54 Å². The first-order chi connectivity index (χ1) is 20.2. The van der Waals surface area contributed by atoms with Crippen LogP contribution in [-0.2, 0) is 23.2 Å². The van der Waals surface area contributed by atoms with E-state index >= 15 is 0 Å². The van der Waals surface area contributed by atoms with Crippen LogP contribution in [0.3, 0.4) is 0 Å². The lowest BCUT2D eigenvalue weighted by atomic mass is 9.91. The number of rotatable bonds is 10. The molecule has 0 spiro atoms. The molecule has 212 valence electrons. The molecule has 1 heterocycles. The normalized spacial score (nSPS) is 11.7. The number of carbonyl (C=O) groups is 1. The van der Waals surface area contributed by atoms with Crippen LogP contribution in [0.15, 0.2) is 104 Å². The average Bonchev–Trinajstić information content (AvgIpc) is 3.42. The summed E-state index contributed by atoms with van der Waals surface area (Å²) in [7, 11) is 0. The Hall–Kier alpha value is -4.97. The van der Waals surface area contributed by atoms with Gasteiger partial charge in [-0.1, -0.05) is 91.0 Å². The molecule has 6 nitrogen and oxygen atoms in total. The highest BCUT2D eigenvalue weighted by Gasteiger charge is 2.23. The molecular formula is C36H36N4O2. The van der Waals surface area contributed by atoms with Crippen LogP contribution < -0.4 is 5.32 Å². The summed E-state index contributed by atoms with van der Waals surface area (Å²) in [6.45, 7) is 10.0. The van der Waals surface area contributed by atoms with Crippen LogP contribution in [0.5, 0.6) is 5.75 Å². The lowest BCUT2D eigenvalue weighted by Crippen LogP contribution is -2.41. The highest BCUT2D eigenvalue weighted by molar-refractivity contribution is 5.77. The minimum atomic E-state index is -0.546. The summed E-state index contributed by atoms with van der Waals surface area (Å²) in [5, 5.41) is 23.7. The molecule has 0 saturated carbocycles. The van der Waals surface area contributed by atoms with Crippen LogP contribution in [0.2, 0.25) is 0 Å². The Bertz CT molecular complexity index is 1730. The zero-order chi connectivity index (χ0) is 29.7. The maximum absolute atomic E-state index is 13.2. The molecule has 0 saturated heterocycles. The second-order valence-corrected chi connectivity index (χ2v) is 11.2. The van der Waals surface area contributed by atoms with Crippen molar-refractivity contribution in [1.29, 1.82) is 0 Å². The monoisotopic (exact) mass is 556 g/mol. The van der Waals surface area contributed by atoms with E-state index in [0.29, 0.717) is 24.9 Å². The van der Waals surface area contributed by atoms with Crippen LogP contribution in [0, 0.1) is 0 Å². The first-order valence-corrected chi connectivity index (χ1v) is 14.2. The first kappa shape index (κ1) is 28.6. The number of phenolic OH excluding ortho intramolecular Hbond substituents is 1. The fourth-order valence-corrected chi connectivity index (χ4v) is 4.96. The van der Waals surface area contributed by atoms with Gasteiger partial charge in [0, 0.05) is 12.0 Å².